The number of carbonyl (C=O) groups is 1. The third kappa shape index (κ3) is 3.46. The summed E-state index contributed by atoms with van der Waals surface area (Å²) in [7, 11) is 0. The maximum Gasteiger partial charge on any atom is 0.231 e. The Hall–Kier alpha value is -1.91. The highest BCUT2D eigenvalue weighted by molar-refractivity contribution is 6.42. The van der Waals surface area contributed by atoms with E-state index in [0.29, 0.717) is 22.3 Å². The molecule has 3 rings (SSSR count). The molecule has 1 heterocycles. The summed E-state index contributed by atoms with van der Waals surface area (Å²) >= 11 is 11.8. The highest BCUT2D eigenvalue weighted by atomic mass is 35.5. The van der Waals surface area contributed by atoms with Crippen LogP contribution >= 0.6 is 23.2 Å². The number of nitrogens with one attached hydrogen (secondary N) is 1. The highest BCUT2D eigenvalue weighted by Gasteiger charge is 2.13. The highest BCUT2D eigenvalue weighted by Crippen LogP contribution is 2.32. The van der Waals surface area contributed by atoms with Crippen LogP contribution in [0.25, 0.3) is 0 Å². The summed E-state index contributed by atoms with van der Waals surface area (Å²) in [4.78, 5) is 12.0. The monoisotopic (exact) mass is 337 g/mol. The third-order valence-electron chi connectivity index (χ3n) is 3.28. The first-order valence-electron chi connectivity index (χ1n) is 6.71. The minimum Gasteiger partial charge on any atom is -0.454 e. The van der Waals surface area contributed by atoms with Crippen molar-refractivity contribution in [2.45, 2.75) is 13.0 Å². The van der Waals surface area contributed by atoms with E-state index in [-0.39, 0.29) is 19.1 Å². The molecule has 0 spiro atoms. The molecule has 0 radical (unpaired) electrons. The Bertz CT molecular complexity index is 719. The van der Waals surface area contributed by atoms with Crippen LogP contribution in [0.1, 0.15) is 11.1 Å². The van der Waals surface area contributed by atoms with Crippen LogP contribution in [0.3, 0.4) is 0 Å². The van der Waals surface area contributed by atoms with E-state index >= 15 is 0 Å². The number of amides is 1. The van der Waals surface area contributed by atoms with Crippen LogP contribution in [-0.2, 0) is 17.8 Å². The van der Waals surface area contributed by atoms with E-state index in [0.717, 1.165) is 16.9 Å². The maximum absolute atomic E-state index is 12.0. The molecule has 2 aromatic carbocycles. The largest absolute Gasteiger partial charge is 0.454 e. The molecule has 2 aromatic rings. The van der Waals surface area contributed by atoms with Crippen molar-refractivity contribution in [3.63, 3.8) is 0 Å². The van der Waals surface area contributed by atoms with E-state index in [9.17, 15) is 4.79 Å². The van der Waals surface area contributed by atoms with Gasteiger partial charge in [0.15, 0.2) is 11.5 Å². The Morgan fingerprint density at radius 3 is 2.59 bits per heavy atom. The summed E-state index contributed by atoms with van der Waals surface area (Å²) in [5, 5.41) is 3.79. The Balaban J connectivity index is 1.57. The molecule has 0 atom stereocenters. The number of hydrogen-bond acceptors (Lipinski definition) is 3. The number of halogens is 2. The van der Waals surface area contributed by atoms with Crippen LogP contribution in [0.5, 0.6) is 11.5 Å². The van der Waals surface area contributed by atoms with Crippen molar-refractivity contribution < 1.29 is 14.3 Å². The molecule has 0 unspecified atom stereocenters. The van der Waals surface area contributed by atoms with Gasteiger partial charge in [-0.25, -0.2) is 0 Å². The first-order valence-corrected chi connectivity index (χ1v) is 7.46. The zero-order valence-electron chi connectivity index (χ0n) is 11.6. The number of hydrogen-bond donors (Lipinski definition) is 1. The summed E-state index contributed by atoms with van der Waals surface area (Å²) < 4.78 is 10.5. The summed E-state index contributed by atoms with van der Waals surface area (Å²) in [6.45, 7) is 0.666. The topological polar surface area (TPSA) is 47.6 Å². The van der Waals surface area contributed by atoms with Crippen molar-refractivity contribution in [3.8, 4) is 11.5 Å². The van der Waals surface area contributed by atoms with Crippen molar-refractivity contribution in [1.29, 1.82) is 0 Å². The molecule has 22 heavy (non-hydrogen) atoms. The van der Waals surface area contributed by atoms with Crippen molar-refractivity contribution >= 4 is 29.1 Å². The minimum absolute atomic E-state index is 0.0870. The average Bonchev–Trinajstić information content (AvgIpc) is 2.96. The molecular formula is C16H13Cl2NO3. The van der Waals surface area contributed by atoms with Gasteiger partial charge in [-0.3, -0.25) is 4.79 Å². The number of benzene rings is 2. The van der Waals surface area contributed by atoms with Crippen LogP contribution in [0.15, 0.2) is 36.4 Å². The summed E-state index contributed by atoms with van der Waals surface area (Å²) in [5.41, 5.74) is 1.77. The molecule has 4 nitrogen and oxygen atoms in total. The van der Waals surface area contributed by atoms with Gasteiger partial charge in [-0.05, 0) is 35.4 Å². The first-order chi connectivity index (χ1) is 10.6. The van der Waals surface area contributed by atoms with Crippen LogP contribution < -0.4 is 14.8 Å². The zero-order chi connectivity index (χ0) is 15.5. The van der Waals surface area contributed by atoms with Gasteiger partial charge < -0.3 is 14.8 Å². The average molecular weight is 338 g/mol. The van der Waals surface area contributed by atoms with Crippen molar-refractivity contribution in [1.82, 2.24) is 5.32 Å². The lowest BCUT2D eigenvalue weighted by atomic mass is 10.1. The lowest BCUT2D eigenvalue weighted by molar-refractivity contribution is -0.120. The molecule has 0 saturated carbocycles. The first kappa shape index (κ1) is 15.0. The SMILES string of the molecule is O=C(Cc1ccc(Cl)c(Cl)c1)NCc1ccc2c(c1)OCO2. The molecule has 0 fully saturated rings. The summed E-state index contributed by atoms with van der Waals surface area (Å²) in [5.74, 6) is 1.35. The predicted molar refractivity (Wildman–Crippen MR) is 84.6 cm³/mol. The standard InChI is InChI=1S/C16H13Cl2NO3/c17-12-3-1-10(5-13(12)18)7-16(20)19-8-11-2-4-14-15(6-11)22-9-21-14/h1-6H,7-9H2,(H,19,20). The summed E-state index contributed by atoms with van der Waals surface area (Å²) in [6.07, 6.45) is 0.251. The molecule has 0 aromatic heterocycles. The number of fused-ring (bicyclic) bond motifs is 1. The quantitative estimate of drug-likeness (QED) is 0.927. The number of ether oxygens (including phenoxy) is 2. The number of carbonyl (C=O) groups excluding carboxylic acids is 1. The van der Waals surface area contributed by atoms with Crippen molar-refractivity contribution in [2.24, 2.45) is 0 Å². The van der Waals surface area contributed by atoms with Gasteiger partial charge in [0.1, 0.15) is 0 Å². The molecule has 1 aliphatic rings. The van der Waals surface area contributed by atoms with Gasteiger partial charge in [-0.15, -0.1) is 0 Å². The molecule has 114 valence electrons. The molecule has 0 bridgehead atoms. The van der Waals surface area contributed by atoms with Crippen LogP contribution in [0, 0.1) is 0 Å². The van der Waals surface area contributed by atoms with E-state index < -0.39 is 0 Å². The van der Waals surface area contributed by atoms with Crippen LogP contribution in [-0.4, -0.2) is 12.7 Å². The smallest absolute Gasteiger partial charge is 0.231 e. The second-order valence-electron chi connectivity index (χ2n) is 4.89. The maximum atomic E-state index is 12.0. The van der Waals surface area contributed by atoms with Crippen LogP contribution in [0.4, 0.5) is 0 Å². The van der Waals surface area contributed by atoms with Gasteiger partial charge in [0.05, 0.1) is 16.5 Å². The van der Waals surface area contributed by atoms with E-state index in [1.807, 2.05) is 18.2 Å². The fraction of sp³-hybridized carbons (Fsp3) is 0.188. The molecule has 1 N–H and O–H groups in total. The second kappa shape index (κ2) is 6.46. The fourth-order valence-electron chi connectivity index (χ4n) is 2.15. The van der Waals surface area contributed by atoms with E-state index in [4.69, 9.17) is 32.7 Å². The van der Waals surface area contributed by atoms with E-state index in [1.165, 1.54) is 0 Å². The molecule has 0 saturated heterocycles. The summed E-state index contributed by atoms with van der Waals surface area (Å²) in [6, 6.07) is 10.8. The van der Waals surface area contributed by atoms with Crippen LogP contribution in [0.2, 0.25) is 10.0 Å². The van der Waals surface area contributed by atoms with Crippen molar-refractivity contribution in [3.05, 3.63) is 57.6 Å². The molecule has 0 aliphatic carbocycles. The Morgan fingerprint density at radius 1 is 1.00 bits per heavy atom. The zero-order valence-corrected chi connectivity index (χ0v) is 13.1. The normalized spacial score (nSPS) is 12.3. The second-order valence-corrected chi connectivity index (χ2v) is 5.70. The Labute approximate surface area is 137 Å². The Kier molecular flexibility index (Phi) is 4.41. The molecular weight excluding hydrogens is 325 g/mol. The Morgan fingerprint density at radius 2 is 1.77 bits per heavy atom. The van der Waals surface area contributed by atoms with Gasteiger partial charge in [-0.2, -0.15) is 0 Å². The predicted octanol–water partition coefficient (Wildman–Crippen LogP) is 3.58. The van der Waals surface area contributed by atoms with E-state index in [2.05, 4.69) is 5.32 Å². The van der Waals surface area contributed by atoms with Gasteiger partial charge in [-0.1, -0.05) is 35.3 Å². The lowest BCUT2D eigenvalue weighted by Crippen LogP contribution is -2.24. The van der Waals surface area contributed by atoms with Gasteiger partial charge in [0, 0.05) is 6.54 Å². The minimum atomic E-state index is -0.0870. The van der Waals surface area contributed by atoms with Gasteiger partial charge in [0.2, 0.25) is 12.7 Å². The van der Waals surface area contributed by atoms with Gasteiger partial charge in [0.25, 0.3) is 0 Å². The van der Waals surface area contributed by atoms with Crippen molar-refractivity contribution in [2.75, 3.05) is 6.79 Å². The fourth-order valence-corrected chi connectivity index (χ4v) is 2.47. The lowest BCUT2D eigenvalue weighted by Gasteiger charge is -2.07. The molecule has 1 amide bonds. The van der Waals surface area contributed by atoms with Gasteiger partial charge >= 0.3 is 0 Å². The van der Waals surface area contributed by atoms with E-state index in [1.54, 1.807) is 18.2 Å². The third-order valence-corrected chi connectivity index (χ3v) is 4.01. The number of rotatable bonds is 4. The molecule has 1 aliphatic heterocycles. The molecule has 6 heteroatoms.